The molecule has 2 aliphatic heterocycles. The molecule has 1 aromatic carbocycles. The van der Waals surface area contributed by atoms with Crippen LogP contribution in [0.15, 0.2) is 18.2 Å². The topological polar surface area (TPSA) is 15.3 Å². The normalized spacial score (nSPS) is 29.6. The second kappa shape index (κ2) is 6.41. The number of hydrogen-bond donors (Lipinski definition) is 1. The van der Waals surface area contributed by atoms with E-state index in [1.807, 2.05) is 0 Å². The number of benzene rings is 1. The molecule has 3 rings (SSSR count). The van der Waals surface area contributed by atoms with Gasteiger partial charge in [-0.1, -0.05) is 18.5 Å². The van der Waals surface area contributed by atoms with Gasteiger partial charge in [-0.3, -0.25) is 0 Å². The Morgan fingerprint density at radius 1 is 1.30 bits per heavy atom. The monoisotopic (exact) mass is 404 g/mol. The van der Waals surface area contributed by atoms with E-state index in [9.17, 15) is 0 Å². The van der Waals surface area contributed by atoms with Gasteiger partial charge >= 0.3 is 0 Å². The fourth-order valence-electron chi connectivity index (χ4n) is 3.92. The Hall–Kier alpha value is -0.0000000000000000555. The Bertz CT molecular complexity index is 466. The second-order valence-electron chi connectivity index (χ2n) is 5.97. The Labute approximate surface area is 140 Å². The van der Waals surface area contributed by atoms with Gasteiger partial charge in [0.25, 0.3) is 0 Å². The van der Waals surface area contributed by atoms with Gasteiger partial charge in [0, 0.05) is 21.7 Å². The van der Waals surface area contributed by atoms with Crippen LogP contribution in [0, 0.1) is 3.57 Å². The number of piperidine rings is 2. The standard InChI is InChI=1S/C16H22ClIN2/c1-2-19-12-9-13-4-3-5-14(10-12)20(13)16-7-6-11(18)8-15(16)17/h6-8,12-14,19H,2-5,9-10H2,1H3. The number of nitrogens with one attached hydrogen (secondary N) is 1. The SMILES string of the molecule is CCNC1CC2CCCC(C1)N2c1ccc(I)cc1Cl. The molecule has 0 aromatic heterocycles. The molecule has 0 aliphatic carbocycles. The van der Waals surface area contributed by atoms with Gasteiger partial charge in [-0.05, 0) is 79.4 Å². The van der Waals surface area contributed by atoms with Gasteiger partial charge in [0.2, 0.25) is 0 Å². The minimum atomic E-state index is 0.657. The fraction of sp³-hybridized carbons (Fsp3) is 0.625. The Morgan fingerprint density at radius 2 is 2.00 bits per heavy atom. The van der Waals surface area contributed by atoms with E-state index in [1.54, 1.807) is 0 Å². The summed E-state index contributed by atoms with van der Waals surface area (Å²) in [6.07, 6.45) is 6.49. The molecule has 0 saturated carbocycles. The molecule has 2 fully saturated rings. The third-order valence-corrected chi connectivity index (χ3v) is 5.63. The van der Waals surface area contributed by atoms with E-state index in [1.165, 1.54) is 41.4 Å². The summed E-state index contributed by atoms with van der Waals surface area (Å²) in [7, 11) is 0. The summed E-state index contributed by atoms with van der Waals surface area (Å²) in [6, 6.07) is 8.47. The van der Waals surface area contributed by atoms with Crippen molar-refractivity contribution in [2.45, 2.75) is 57.2 Å². The smallest absolute Gasteiger partial charge is 0.0650 e. The summed E-state index contributed by atoms with van der Waals surface area (Å²) in [5, 5.41) is 4.56. The number of rotatable bonds is 3. The van der Waals surface area contributed by atoms with Crippen LogP contribution in [0.3, 0.4) is 0 Å². The number of anilines is 1. The highest BCUT2D eigenvalue weighted by Gasteiger charge is 2.38. The summed E-state index contributed by atoms with van der Waals surface area (Å²) in [5.41, 5.74) is 1.25. The van der Waals surface area contributed by atoms with E-state index in [0.717, 1.165) is 11.6 Å². The molecular formula is C16H22ClIN2. The first-order valence-electron chi connectivity index (χ1n) is 7.65. The summed E-state index contributed by atoms with van der Waals surface area (Å²) in [6.45, 7) is 3.28. The maximum atomic E-state index is 6.51. The third kappa shape index (κ3) is 2.95. The minimum Gasteiger partial charge on any atom is -0.364 e. The molecule has 110 valence electrons. The van der Waals surface area contributed by atoms with Crippen molar-refractivity contribution in [3.8, 4) is 0 Å². The molecule has 1 N–H and O–H groups in total. The van der Waals surface area contributed by atoms with Gasteiger partial charge in [-0.2, -0.15) is 0 Å². The molecule has 2 saturated heterocycles. The maximum absolute atomic E-state index is 6.51. The van der Waals surface area contributed by atoms with E-state index >= 15 is 0 Å². The van der Waals surface area contributed by atoms with Crippen LogP contribution in [-0.2, 0) is 0 Å². The van der Waals surface area contributed by atoms with E-state index < -0.39 is 0 Å². The Morgan fingerprint density at radius 3 is 2.60 bits per heavy atom. The van der Waals surface area contributed by atoms with E-state index in [0.29, 0.717) is 18.1 Å². The lowest BCUT2D eigenvalue weighted by atomic mass is 9.81. The third-order valence-electron chi connectivity index (χ3n) is 4.66. The van der Waals surface area contributed by atoms with Crippen molar-refractivity contribution in [2.75, 3.05) is 11.4 Å². The number of nitrogens with zero attached hydrogens (tertiary/aromatic N) is 1. The minimum absolute atomic E-state index is 0.657. The zero-order valence-electron chi connectivity index (χ0n) is 11.9. The predicted molar refractivity (Wildman–Crippen MR) is 94.8 cm³/mol. The summed E-state index contributed by atoms with van der Waals surface area (Å²) in [5.74, 6) is 0. The quantitative estimate of drug-likeness (QED) is 0.749. The van der Waals surface area contributed by atoms with Crippen LogP contribution in [-0.4, -0.2) is 24.7 Å². The van der Waals surface area contributed by atoms with Crippen LogP contribution < -0.4 is 10.2 Å². The van der Waals surface area contributed by atoms with Crippen LogP contribution in [0.4, 0.5) is 5.69 Å². The number of fused-ring (bicyclic) bond motifs is 2. The molecule has 2 unspecified atom stereocenters. The zero-order chi connectivity index (χ0) is 14.1. The van der Waals surface area contributed by atoms with E-state index in [4.69, 9.17) is 11.6 Å². The van der Waals surface area contributed by atoms with Crippen LogP contribution in [0.2, 0.25) is 5.02 Å². The molecule has 0 amide bonds. The average molecular weight is 405 g/mol. The molecule has 2 heterocycles. The van der Waals surface area contributed by atoms with Gasteiger partial charge in [-0.15, -0.1) is 0 Å². The molecule has 2 atom stereocenters. The van der Waals surface area contributed by atoms with E-state index in [2.05, 4.69) is 57.9 Å². The highest BCUT2D eigenvalue weighted by Crippen LogP contribution is 2.40. The van der Waals surface area contributed by atoms with Crippen LogP contribution in [0.5, 0.6) is 0 Å². The molecule has 2 aliphatic rings. The highest BCUT2D eigenvalue weighted by molar-refractivity contribution is 14.1. The largest absolute Gasteiger partial charge is 0.364 e. The van der Waals surface area contributed by atoms with Crippen molar-refractivity contribution >= 4 is 39.9 Å². The second-order valence-corrected chi connectivity index (χ2v) is 7.62. The number of halogens is 2. The van der Waals surface area contributed by atoms with Crippen LogP contribution in [0.25, 0.3) is 0 Å². The molecular weight excluding hydrogens is 383 g/mol. The molecule has 1 aromatic rings. The highest BCUT2D eigenvalue weighted by atomic mass is 127. The fourth-order valence-corrected chi connectivity index (χ4v) is 4.87. The van der Waals surface area contributed by atoms with Gasteiger partial charge < -0.3 is 10.2 Å². The van der Waals surface area contributed by atoms with Crippen LogP contribution >= 0.6 is 34.2 Å². The van der Waals surface area contributed by atoms with Gasteiger partial charge in [0.05, 0.1) is 10.7 Å². The van der Waals surface area contributed by atoms with Crippen LogP contribution in [0.1, 0.15) is 39.0 Å². The summed E-state index contributed by atoms with van der Waals surface area (Å²) in [4.78, 5) is 2.62. The zero-order valence-corrected chi connectivity index (χ0v) is 14.8. The lowest BCUT2D eigenvalue weighted by molar-refractivity contribution is 0.247. The molecule has 20 heavy (non-hydrogen) atoms. The molecule has 0 spiro atoms. The van der Waals surface area contributed by atoms with Gasteiger partial charge in [-0.25, -0.2) is 0 Å². The lowest BCUT2D eigenvalue weighted by Crippen LogP contribution is -2.56. The first-order valence-corrected chi connectivity index (χ1v) is 9.11. The van der Waals surface area contributed by atoms with Crippen molar-refractivity contribution in [3.63, 3.8) is 0 Å². The molecule has 2 nitrogen and oxygen atoms in total. The van der Waals surface area contributed by atoms with Crippen molar-refractivity contribution in [1.82, 2.24) is 5.32 Å². The average Bonchev–Trinajstić information content (AvgIpc) is 2.39. The van der Waals surface area contributed by atoms with Crippen molar-refractivity contribution in [1.29, 1.82) is 0 Å². The molecule has 0 radical (unpaired) electrons. The predicted octanol–water partition coefficient (Wildman–Crippen LogP) is 4.44. The van der Waals surface area contributed by atoms with Crippen molar-refractivity contribution < 1.29 is 0 Å². The van der Waals surface area contributed by atoms with Crippen molar-refractivity contribution in [3.05, 3.63) is 26.8 Å². The van der Waals surface area contributed by atoms with Gasteiger partial charge in [0.1, 0.15) is 0 Å². The first-order chi connectivity index (χ1) is 9.69. The summed E-state index contributed by atoms with van der Waals surface area (Å²) < 4.78 is 1.21. The maximum Gasteiger partial charge on any atom is 0.0650 e. The first kappa shape index (κ1) is 14.9. The summed E-state index contributed by atoms with van der Waals surface area (Å²) >= 11 is 8.84. The van der Waals surface area contributed by atoms with E-state index in [-0.39, 0.29) is 0 Å². The number of hydrogen-bond acceptors (Lipinski definition) is 2. The molecule has 2 bridgehead atoms. The Kier molecular flexibility index (Phi) is 4.78. The lowest BCUT2D eigenvalue weighted by Gasteiger charge is -2.50. The van der Waals surface area contributed by atoms with Crippen molar-refractivity contribution in [2.24, 2.45) is 0 Å². The molecule has 4 heteroatoms. The Balaban J connectivity index is 1.86. The van der Waals surface area contributed by atoms with Gasteiger partial charge in [0.15, 0.2) is 0 Å².